The molecule has 8 heteroatoms. The second-order valence-corrected chi connectivity index (χ2v) is 10.9. The molecule has 0 atom stereocenters. The van der Waals surface area contributed by atoms with E-state index in [9.17, 15) is 9.59 Å². The van der Waals surface area contributed by atoms with Crippen LogP contribution in [0.5, 0.6) is 5.75 Å². The molecule has 0 fully saturated rings. The van der Waals surface area contributed by atoms with E-state index in [1.807, 2.05) is 26.0 Å². The number of hydrogen-bond donors (Lipinski definition) is 1. The van der Waals surface area contributed by atoms with Crippen LogP contribution in [0.25, 0.3) is 0 Å². The highest BCUT2D eigenvalue weighted by Gasteiger charge is 2.28. The minimum atomic E-state index is -0.408. The summed E-state index contributed by atoms with van der Waals surface area (Å²) in [6, 6.07) is 7.20. The van der Waals surface area contributed by atoms with E-state index in [-0.39, 0.29) is 24.3 Å². The van der Waals surface area contributed by atoms with E-state index in [1.165, 1.54) is 11.3 Å². The molecule has 1 N–H and O–H groups in total. The fourth-order valence-corrected chi connectivity index (χ4v) is 5.72. The predicted molar refractivity (Wildman–Crippen MR) is 143 cm³/mol. The Hall–Kier alpha value is -2.77. The quantitative estimate of drug-likeness (QED) is 0.287. The minimum absolute atomic E-state index is 0.157. The molecule has 1 aliphatic carbocycles. The summed E-state index contributed by atoms with van der Waals surface area (Å²) in [5.74, 6) is 0.883. The number of thiophene rings is 1. The van der Waals surface area contributed by atoms with Gasteiger partial charge in [-0.1, -0.05) is 32.4 Å². The molecular formula is C28H32ClNO5S. The van der Waals surface area contributed by atoms with Gasteiger partial charge >= 0.3 is 5.97 Å². The Morgan fingerprint density at radius 1 is 1.19 bits per heavy atom. The Morgan fingerprint density at radius 3 is 2.72 bits per heavy atom. The number of halogens is 1. The Labute approximate surface area is 220 Å². The van der Waals surface area contributed by atoms with Gasteiger partial charge in [-0.05, 0) is 85.9 Å². The molecule has 4 rings (SSSR count). The van der Waals surface area contributed by atoms with Crippen molar-refractivity contribution in [1.29, 1.82) is 0 Å². The first kappa shape index (κ1) is 26.3. The molecule has 0 spiro atoms. The summed E-state index contributed by atoms with van der Waals surface area (Å²) < 4.78 is 17.2. The molecule has 6 nitrogen and oxygen atoms in total. The first-order chi connectivity index (χ1) is 17.3. The highest BCUT2D eigenvalue weighted by Crippen LogP contribution is 2.39. The molecule has 1 amide bonds. The van der Waals surface area contributed by atoms with Gasteiger partial charge in [0.1, 0.15) is 23.1 Å². The average molecular weight is 530 g/mol. The number of anilines is 1. The summed E-state index contributed by atoms with van der Waals surface area (Å²) in [6.07, 6.45) is 4.58. The van der Waals surface area contributed by atoms with Crippen molar-refractivity contribution < 1.29 is 23.5 Å². The van der Waals surface area contributed by atoms with Crippen LogP contribution in [0.3, 0.4) is 0 Å². The Bertz CT molecular complexity index is 1260. The number of benzene rings is 1. The molecule has 0 unspecified atom stereocenters. The maximum absolute atomic E-state index is 13.0. The maximum atomic E-state index is 13.0. The molecule has 0 radical (unpaired) electrons. The number of furan rings is 1. The summed E-state index contributed by atoms with van der Waals surface area (Å²) in [6.45, 7) is 8.58. The third-order valence-electron chi connectivity index (χ3n) is 6.21. The molecule has 1 aromatic carbocycles. The molecule has 1 aliphatic rings. The first-order valence-electron chi connectivity index (χ1n) is 12.4. The number of esters is 1. The van der Waals surface area contributed by atoms with Crippen LogP contribution in [0, 0.1) is 6.92 Å². The smallest absolute Gasteiger partial charge is 0.341 e. The number of rotatable bonds is 9. The number of fused-ring (bicyclic) bond motifs is 1. The van der Waals surface area contributed by atoms with Crippen molar-refractivity contribution in [2.75, 3.05) is 11.9 Å². The topological polar surface area (TPSA) is 77.8 Å². The van der Waals surface area contributed by atoms with Crippen LogP contribution >= 0.6 is 22.9 Å². The van der Waals surface area contributed by atoms with Gasteiger partial charge in [0.05, 0.1) is 12.2 Å². The molecule has 36 heavy (non-hydrogen) atoms. The lowest BCUT2D eigenvalue weighted by molar-refractivity contribution is 0.0505. The van der Waals surface area contributed by atoms with Gasteiger partial charge in [-0.3, -0.25) is 4.79 Å². The van der Waals surface area contributed by atoms with Crippen LogP contribution in [0.4, 0.5) is 5.00 Å². The van der Waals surface area contributed by atoms with Gasteiger partial charge in [0.2, 0.25) is 0 Å². The standard InChI is InChI=1S/C28H32ClNO5S/c1-5-12-33-28(32)25-19-8-6-7-9-24(19)36-27(25)30-26(31)22-11-10-18(35-22)15-34-23-13-17(4)21(29)14-20(23)16(2)3/h10-11,13-14,16H,5-9,12,15H2,1-4H3,(H,30,31). The lowest BCUT2D eigenvalue weighted by Crippen LogP contribution is -2.15. The molecule has 0 saturated heterocycles. The summed E-state index contributed by atoms with van der Waals surface area (Å²) in [5, 5.41) is 4.13. The van der Waals surface area contributed by atoms with Gasteiger partial charge in [-0.2, -0.15) is 0 Å². The number of ether oxygens (including phenoxy) is 2. The summed E-state index contributed by atoms with van der Waals surface area (Å²) >= 11 is 7.75. The van der Waals surface area contributed by atoms with Crippen LogP contribution < -0.4 is 10.1 Å². The lowest BCUT2D eigenvalue weighted by atomic mass is 9.95. The zero-order chi connectivity index (χ0) is 25.8. The van der Waals surface area contributed by atoms with E-state index in [1.54, 1.807) is 12.1 Å². The van der Waals surface area contributed by atoms with Crippen LogP contribution in [0.15, 0.2) is 28.7 Å². The average Bonchev–Trinajstić information content (AvgIpc) is 3.47. The van der Waals surface area contributed by atoms with Crippen molar-refractivity contribution in [2.45, 2.75) is 72.3 Å². The Balaban J connectivity index is 1.48. The second kappa shape index (κ2) is 11.5. The fraction of sp³-hybridized carbons (Fsp3) is 0.429. The Kier molecular flexibility index (Phi) is 8.42. The van der Waals surface area contributed by atoms with E-state index in [4.69, 9.17) is 25.5 Å². The lowest BCUT2D eigenvalue weighted by Gasteiger charge is -2.15. The summed E-state index contributed by atoms with van der Waals surface area (Å²) in [7, 11) is 0. The molecule has 2 heterocycles. The molecule has 3 aromatic rings. The summed E-state index contributed by atoms with van der Waals surface area (Å²) in [5.41, 5.74) is 3.45. The van der Waals surface area contributed by atoms with E-state index in [2.05, 4.69) is 19.2 Å². The molecule has 0 saturated carbocycles. The van der Waals surface area contributed by atoms with Gasteiger partial charge in [-0.25, -0.2) is 4.79 Å². The third kappa shape index (κ3) is 5.79. The highest BCUT2D eigenvalue weighted by molar-refractivity contribution is 7.17. The zero-order valence-corrected chi connectivity index (χ0v) is 22.7. The highest BCUT2D eigenvalue weighted by atomic mass is 35.5. The van der Waals surface area contributed by atoms with Crippen molar-refractivity contribution in [1.82, 2.24) is 0 Å². The van der Waals surface area contributed by atoms with E-state index < -0.39 is 5.91 Å². The molecular weight excluding hydrogens is 498 g/mol. The minimum Gasteiger partial charge on any atom is -0.485 e. The van der Waals surface area contributed by atoms with Crippen LogP contribution in [-0.2, 0) is 24.2 Å². The van der Waals surface area contributed by atoms with Gasteiger partial charge in [-0.15, -0.1) is 11.3 Å². The largest absolute Gasteiger partial charge is 0.485 e. The molecule has 0 bridgehead atoms. The number of amides is 1. The first-order valence-corrected chi connectivity index (χ1v) is 13.6. The van der Waals surface area contributed by atoms with Crippen LogP contribution in [0.2, 0.25) is 5.02 Å². The summed E-state index contributed by atoms with van der Waals surface area (Å²) in [4.78, 5) is 27.0. The number of carbonyl (C=O) groups excluding carboxylic acids is 2. The van der Waals surface area contributed by atoms with Crippen molar-refractivity contribution >= 4 is 39.8 Å². The number of carbonyl (C=O) groups is 2. The SMILES string of the molecule is CCCOC(=O)c1c(NC(=O)c2ccc(COc3cc(C)c(Cl)cc3C(C)C)o2)sc2c1CCCC2. The van der Waals surface area contributed by atoms with Crippen LogP contribution in [0.1, 0.15) is 94.2 Å². The van der Waals surface area contributed by atoms with Gasteiger partial charge in [0.25, 0.3) is 5.91 Å². The maximum Gasteiger partial charge on any atom is 0.341 e. The van der Waals surface area contributed by atoms with Crippen LogP contribution in [-0.4, -0.2) is 18.5 Å². The normalized spacial score (nSPS) is 12.9. The zero-order valence-electron chi connectivity index (χ0n) is 21.2. The van der Waals surface area contributed by atoms with Gasteiger partial charge in [0.15, 0.2) is 5.76 Å². The monoisotopic (exact) mass is 529 g/mol. The Morgan fingerprint density at radius 2 is 1.97 bits per heavy atom. The van der Waals surface area contributed by atoms with Gasteiger partial charge in [0, 0.05) is 9.90 Å². The van der Waals surface area contributed by atoms with Crippen molar-refractivity contribution in [3.05, 3.63) is 67.9 Å². The number of hydrogen-bond acceptors (Lipinski definition) is 6. The van der Waals surface area contributed by atoms with Crippen molar-refractivity contribution in [2.24, 2.45) is 0 Å². The number of nitrogens with one attached hydrogen (secondary N) is 1. The van der Waals surface area contributed by atoms with Gasteiger partial charge < -0.3 is 19.2 Å². The van der Waals surface area contributed by atoms with E-state index >= 15 is 0 Å². The van der Waals surface area contributed by atoms with Crippen molar-refractivity contribution in [3.8, 4) is 5.75 Å². The van der Waals surface area contributed by atoms with Crippen molar-refractivity contribution in [3.63, 3.8) is 0 Å². The molecule has 192 valence electrons. The third-order valence-corrected chi connectivity index (χ3v) is 7.82. The number of aryl methyl sites for hydroxylation is 2. The fourth-order valence-electron chi connectivity index (χ4n) is 4.27. The van der Waals surface area contributed by atoms with E-state index in [0.717, 1.165) is 59.4 Å². The molecule has 2 aromatic heterocycles. The van der Waals surface area contributed by atoms with E-state index in [0.29, 0.717) is 28.0 Å². The predicted octanol–water partition coefficient (Wildman–Crippen LogP) is 7.70. The molecule has 0 aliphatic heterocycles. The second-order valence-electron chi connectivity index (χ2n) is 9.35.